The number of nitrogen functional groups attached to an aromatic ring is 1. The molecule has 110 valence electrons. The third-order valence-corrected chi connectivity index (χ3v) is 5.24. The molecule has 0 unspecified atom stereocenters. The van der Waals surface area contributed by atoms with E-state index in [0.29, 0.717) is 31.9 Å². The van der Waals surface area contributed by atoms with Gasteiger partial charge in [-0.1, -0.05) is 0 Å². The van der Waals surface area contributed by atoms with Gasteiger partial charge >= 0.3 is 0 Å². The average Bonchev–Trinajstić information content (AvgIpc) is 3.23. The molecule has 0 radical (unpaired) electrons. The number of hydrogen-bond acceptors (Lipinski definition) is 5. The van der Waals surface area contributed by atoms with Crippen LogP contribution in [0, 0.1) is 0 Å². The number of nitrogens with zero attached hydrogens (tertiary/aromatic N) is 3. The first-order valence-corrected chi connectivity index (χ1v) is 8.22. The first-order chi connectivity index (χ1) is 9.54. The zero-order chi connectivity index (χ0) is 14.2. The summed E-state index contributed by atoms with van der Waals surface area (Å²) in [6, 6.07) is 3.82. The van der Waals surface area contributed by atoms with Gasteiger partial charge in [0.1, 0.15) is 5.82 Å². The SMILES string of the molecule is Nc1ccc(N2CCN(S(=O)(=O)NC3CC3)CC2)nc1. The minimum Gasteiger partial charge on any atom is -0.397 e. The van der Waals surface area contributed by atoms with Gasteiger partial charge < -0.3 is 10.6 Å². The number of anilines is 2. The lowest BCUT2D eigenvalue weighted by atomic mass is 10.3. The highest BCUT2D eigenvalue weighted by molar-refractivity contribution is 7.87. The zero-order valence-corrected chi connectivity index (χ0v) is 12.0. The zero-order valence-electron chi connectivity index (χ0n) is 11.2. The molecule has 2 fully saturated rings. The van der Waals surface area contributed by atoms with E-state index in [1.54, 1.807) is 12.3 Å². The number of nitrogens with one attached hydrogen (secondary N) is 1. The summed E-state index contributed by atoms with van der Waals surface area (Å²) in [6.45, 7) is 2.24. The average molecular weight is 297 g/mol. The highest BCUT2D eigenvalue weighted by atomic mass is 32.2. The summed E-state index contributed by atoms with van der Waals surface area (Å²) in [4.78, 5) is 6.34. The Balaban J connectivity index is 1.60. The molecule has 0 spiro atoms. The fourth-order valence-corrected chi connectivity index (χ4v) is 3.68. The number of piperazine rings is 1. The molecule has 0 bridgehead atoms. The van der Waals surface area contributed by atoms with Gasteiger partial charge in [0, 0.05) is 32.2 Å². The lowest BCUT2D eigenvalue weighted by Gasteiger charge is -2.34. The fraction of sp³-hybridized carbons (Fsp3) is 0.583. The Hall–Kier alpha value is -1.38. The molecule has 8 heteroatoms. The van der Waals surface area contributed by atoms with Crippen LogP contribution >= 0.6 is 0 Å². The Morgan fingerprint density at radius 1 is 1.20 bits per heavy atom. The molecule has 1 saturated carbocycles. The van der Waals surface area contributed by atoms with Crippen LogP contribution in [0.4, 0.5) is 11.5 Å². The number of nitrogens with two attached hydrogens (primary N) is 1. The van der Waals surface area contributed by atoms with Crippen molar-refractivity contribution in [3.63, 3.8) is 0 Å². The van der Waals surface area contributed by atoms with Crippen LogP contribution in [-0.4, -0.2) is 49.9 Å². The van der Waals surface area contributed by atoms with Crippen LogP contribution in [0.15, 0.2) is 18.3 Å². The molecule has 7 nitrogen and oxygen atoms in total. The standard InChI is InChI=1S/C12H19N5O2S/c13-10-1-4-12(14-9-10)16-5-7-17(8-6-16)20(18,19)15-11-2-3-11/h1,4,9,11,15H,2-3,5-8,13H2. The lowest BCUT2D eigenvalue weighted by molar-refractivity contribution is 0.377. The molecule has 2 aliphatic rings. The molecule has 0 amide bonds. The van der Waals surface area contributed by atoms with Gasteiger partial charge in [-0.15, -0.1) is 0 Å². The predicted molar refractivity (Wildman–Crippen MR) is 77.5 cm³/mol. The van der Waals surface area contributed by atoms with Crippen molar-refractivity contribution in [1.82, 2.24) is 14.0 Å². The van der Waals surface area contributed by atoms with E-state index in [2.05, 4.69) is 14.6 Å². The van der Waals surface area contributed by atoms with Crippen LogP contribution in [0.2, 0.25) is 0 Å². The second-order valence-electron chi connectivity index (χ2n) is 5.23. The van der Waals surface area contributed by atoms with Crippen LogP contribution in [0.1, 0.15) is 12.8 Å². The first kappa shape index (κ1) is 13.6. The minimum atomic E-state index is -3.32. The Labute approximate surface area is 118 Å². The van der Waals surface area contributed by atoms with Gasteiger partial charge in [0.15, 0.2) is 0 Å². The van der Waals surface area contributed by atoms with Gasteiger partial charge in [-0.3, -0.25) is 0 Å². The van der Waals surface area contributed by atoms with Crippen LogP contribution in [-0.2, 0) is 10.2 Å². The van der Waals surface area contributed by atoms with Gasteiger partial charge in [-0.2, -0.15) is 17.4 Å². The molecule has 0 aromatic carbocycles. The third-order valence-electron chi connectivity index (χ3n) is 3.57. The van der Waals surface area contributed by atoms with Crippen molar-refractivity contribution in [3.05, 3.63) is 18.3 Å². The summed E-state index contributed by atoms with van der Waals surface area (Å²) < 4.78 is 28.4. The molecule has 1 saturated heterocycles. The van der Waals surface area contributed by atoms with Crippen molar-refractivity contribution in [2.75, 3.05) is 36.8 Å². The highest BCUT2D eigenvalue weighted by Gasteiger charge is 2.32. The maximum atomic E-state index is 12.1. The minimum absolute atomic E-state index is 0.150. The molecule has 1 aliphatic carbocycles. The maximum absolute atomic E-state index is 12.1. The van der Waals surface area contributed by atoms with Crippen molar-refractivity contribution < 1.29 is 8.42 Å². The molecule has 20 heavy (non-hydrogen) atoms. The summed E-state index contributed by atoms with van der Waals surface area (Å²) in [7, 11) is -3.32. The molecular formula is C12H19N5O2S. The van der Waals surface area contributed by atoms with E-state index in [1.807, 2.05) is 6.07 Å². The molecule has 0 atom stereocenters. The van der Waals surface area contributed by atoms with E-state index in [9.17, 15) is 8.42 Å². The molecular weight excluding hydrogens is 278 g/mol. The van der Waals surface area contributed by atoms with Gasteiger partial charge in [0.25, 0.3) is 10.2 Å². The van der Waals surface area contributed by atoms with Crippen molar-refractivity contribution in [2.24, 2.45) is 0 Å². The summed E-state index contributed by atoms with van der Waals surface area (Å²) in [5, 5.41) is 0. The second-order valence-corrected chi connectivity index (χ2v) is 6.94. The molecule has 3 N–H and O–H groups in total. The maximum Gasteiger partial charge on any atom is 0.279 e. The largest absolute Gasteiger partial charge is 0.397 e. The van der Waals surface area contributed by atoms with Crippen LogP contribution < -0.4 is 15.4 Å². The Morgan fingerprint density at radius 3 is 2.45 bits per heavy atom. The van der Waals surface area contributed by atoms with Crippen molar-refractivity contribution in [1.29, 1.82) is 0 Å². The number of pyridine rings is 1. The highest BCUT2D eigenvalue weighted by Crippen LogP contribution is 2.21. The monoisotopic (exact) mass is 297 g/mol. The fourth-order valence-electron chi connectivity index (χ4n) is 2.23. The van der Waals surface area contributed by atoms with Gasteiger partial charge in [-0.25, -0.2) is 4.98 Å². The summed E-state index contributed by atoms with van der Waals surface area (Å²) in [5.41, 5.74) is 6.24. The first-order valence-electron chi connectivity index (χ1n) is 6.78. The van der Waals surface area contributed by atoms with E-state index in [-0.39, 0.29) is 6.04 Å². The molecule has 2 heterocycles. The third kappa shape index (κ3) is 3.02. The second kappa shape index (κ2) is 5.19. The molecule has 1 aromatic heterocycles. The number of rotatable bonds is 4. The quantitative estimate of drug-likeness (QED) is 0.802. The number of hydrogen-bond donors (Lipinski definition) is 2. The normalized spacial score (nSPS) is 21.1. The van der Waals surface area contributed by atoms with E-state index in [4.69, 9.17) is 5.73 Å². The van der Waals surface area contributed by atoms with Gasteiger partial charge in [-0.05, 0) is 25.0 Å². The van der Waals surface area contributed by atoms with Crippen molar-refractivity contribution in [2.45, 2.75) is 18.9 Å². The van der Waals surface area contributed by atoms with E-state index in [0.717, 1.165) is 18.7 Å². The Bertz CT molecular complexity index is 562. The van der Waals surface area contributed by atoms with E-state index in [1.165, 1.54) is 4.31 Å². The molecule has 1 aliphatic heterocycles. The molecule has 3 rings (SSSR count). The van der Waals surface area contributed by atoms with Crippen molar-refractivity contribution >= 4 is 21.7 Å². The van der Waals surface area contributed by atoms with E-state index >= 15 is 0 Å². The van der Waals surface area contributed by atoms with Gasteiger partial charge in [0.2, 0.25) is 0 Å². The van der Waals surface area contributed by atoms with Crippen LogP contribution in [0.25, 0.3) is 0 Å². The lowest BCUT2D eigenvalue weighted by Crippen LogP contribution is -2.52. The summed E-state index contributed by atoms with van der Waals surface area (Å²) >= 11 is 0. The number of aromatic nitrogens is 1. The van der Waals surface area contributed by atoms with Crippen LogP contribution in [0.5, 0.6) is 0 Å². The van der Waals surface area contributed by atoms with E-state index < -0.39 is 10.2 Å². The Kier molecular flexibility index (Phi) is 3.53. The predicted octanol–water partition coefficient (Wildman–Crippen LogP) is -0.217. The van der Waals surface area contributed by atoms with Crippen LogP contribution in [0.3, 0.4) is 0 Å². The topological polar surface area (TPSA) is 91.6 Å². The molecule has 1 aromatic rings. The van der Waals surface area contributed by atoms with Gasteiger partial charge in [0.05, 0.1) is 11.9 Å². The Morgan fingerprint density at radius 2 is 1.90 bits per heavy atom. The summed E-state index contributed by atoms with van der Waals surface area (Å²) in [5.74, 6) is 0.839. The smallest absolute Gasteiger partial charge is 0.279 e. The van der Waals surface area contributed by atoms with Crippen molar-refractivity contribution in [3.8, 4) is 0 Å². The summed E-state index contributed by atoms with van der Waals surface area (Å²) in [6.07, 6.45) is 3.52.